The highest BCUT2D eigenvalue weighted by atomic mass is 32.1. The number of aliphatic hydroxyl groups excluding tert-OH is 1. The van der Waals surface area contributed by atoms with E-state index in [0.717, 1.165) is 17.8 Å². The minimum Gasteiger partial charge on any atom is -0.507 e. The summed E-state index contributed by atoms with van der Waals surface area (Å²) >= 11 is 1.10. The summed E-state index contributed by atoms with van der Waals surface area (Å²) in [5.74, 6) is -1.28. The zero-order valence-corrected chi connectivity index (χ0v) is 20.9. The van der Waals surface area contributed by atoms with Crippen molar-refractivity contribution in [1.29, 1.82) is 0 Å². The molecule has 188 valence electrons. The van der Waals surface area contributed by atoms with Crippen LogP contribution in [0.1, 0.15) is 30.5 Å². The van der Waals surface area contributed by atoms with Crippen LogP contribution >= 0.6 is 11.3 Å². The molecule has 9 heteroatoms. The number of methoxy groups -OCH3 is 1. The molecular weight excluding hydrogens is 495 g/mol. The zero-order valence-electron chi connectivity index (χ0n) is 20.1. The van der Waals surface area contributed by atoms with Crippen LogP contribution in [0.5, 0.6) is 11.5 Å². The van der Waals surface area contributed by atoms with Crippen LogP contribution in [-0.2, 0) is 9.59 Å². The minimum absolute atomic E-state index is 0.0757. The number of Topliss-reactive ketones (excluding diaryl/α,β-unsaturated/α-hetero) is 1. The van der Waals surface area contributed by atoms with E-state index in [2.05, 4.69) is 4.98 Å². The summed E-state index contributed by atoms with van der Waals surface area (Å²) in [7, 11) is 1.53. The normalized spacial score (nSPS) is 16.9. The Kier molecular flexibility index (Phi) is 6.62. The van der Waals surface area contributed by atoms with E-state index in [1.165, 1.54) is 30.2 Å². The molecular formula is C28H23FN2O5S. The Morgan fingerprint density at radius 3 is 2.59 bits per heavy atom. The number of hydrogen-bond acceptors (Lipinski definition) is 7. The molecule has 2 heterocycles. The lowest BCUT2D eigenvalue weighted by Gasteiger charge is -2.23. The van der Waals surface area contributed by atoms with Crippen molar-refractivity contribution in [3.63, 3.8) is 0 Å². The third kappa shape index (κ3) is 4.53. The van der Waals surface area contributed by atoms with Gasteiger partial charge in [0.15, 0.2) is 5.13 Å². The number of halogens is 1. The summed E-state index contributed by atoms with van der Waals surface area (Å²) in [6, 6.07) is 16.8. The third-order valence-electron chi connectivity index (χ3n) is 6.00. The number of aromatic nitrogens is 1. The van der Waals surface area contributed by atoms with Gasteiger partial charge in [0, 0.05) is 5.56 Å². The van der Waals surface area contributed by atoms with Gasteiger partial charge in [-0.2, -0.15) is 0 Å². The Morgan fingerprint density at radius 1 is 1.08 bits per heavy atom. The standard InChI is InChI=1S/C28H23FN2O5S/c1-3-13-36-20-6-4-5-17(14-20)24-23(25(32)16-7-10-19(35-2)11-8-16)26(33)27(34)31(24)28-30-21-12-9-18(29)15-22(21)37-28/h4-12,14-15,24,32H,3,13H2,1-2H3. The number of hydrogen-bond donors (Lipinski definition) is 1. The molecule has 0 bridgehead atoms. The number of nitrogens with zero attached hydrogens (tertiary/aromatic N) is 2. The second-order valence-electron chi connectivity index (χ2n) is 8.43. The number of rotatable bonds is 7. The maximum atomic E-state index is 13.8. The molecule has 3 aromatic carbocycles. The molecule has 0 spiro atoms. The van der Waals surface area contributed by atoms with Crippen molar-refractivity contribution in [3.8, 4) is 11.5 Å². The topological polar surface area (TPSA) is 89.0 Å². The Bertz CT molecular complexity index is 1530. The number of thiazole rings is 1. The van der Waals surface area contributed by atoms with E-state index in [1.54, 1.807) is 48.5 Å². The van der Waals surface area contributed by atoms with Gasteiger partial charge in [-0.3, -0.25) is 14.5 Å². The summed E-state index contributed by atoms with van der Waals surface area (Å²) in [4.78, 5) is 32.6. The Labute approximate surface area is 216 Å². The van der Waals surface area contributed by atoms with E-state index >= 15 is 0 Å². The zero-order chi connectivity index (χ0) is 26.1. The summed E-state index contributed by atoms with van der Waals surface area (Å²) in [6.07, 6.45) is 0.808. The molecule has 1 aliphatic heterocycles. The molecule has 1 atom stereocenters. The third-order valence-corrected chi connectivity index (χ3v) is 7.02. The van der Waals surface area contributed by atoms with Crippen LogP contribution < -0.4 is 14.4 Å². The van der Waals surface area contributed by atoms with Gasteiger partial charge in [0.1, 0.15) is 23.1 Å². The molecule has 1 saturated heterocycles. The lowest BCUT2D eigenvalue weighted by Crippen LogP contribution is -2.29. The van der Waals surface area contributed by atoms with Gasteiger partial charge in [0.25, 0.3) is 5.78 Å². The van der Waals surface area contributed by atoms with E-state index in [9.17, 15) is 19.1 Å². The summed E-state index contributed by atoms with van der Waals surface area (Å²) < 4.78 is 25.3. The van der Waals surface area contributed by atoms with Crippen LogP contribution in [0.25, 0.3) is 16.0 Å². The van der Waals surface area contributed by atoms with Crippen LogP contribution in [-0.4, -0.2) is 35.5 Å². The number of carbonyl (C=O) groups excluding carboxylic acids is 2. The SMILES string of the molecule is CCCOc1cccc(C2C(=C(O)c3ccc(OC)cc3)C(=O)C(=O)N2c2nc3ccc(F)cc3s2)c1. The highest BCUT2D eigenvalue weighted by Crippen LogP contribution is 2.45. The molecule has 5 rings (SSSR count). The number of benzene rings is 3. The number of carbonyl (C=O) groups is 2. The van der Waals surface area contributed by atoms with E-state index < -0.39 is 23.5 Å². The van der Waals surface area contributed by atoms with Gasteiger partial charge in [0.2, 0.25) is 0 Å². The highest BCUT2D eigenvalue weighted by molar-refractivity contribution is 7.22. The quantitative estimate of drug-likeness (QED) is 0.187. The molecule has 7 nitrogen and oxygen atoms in total. The van der Waals surface area contributed by atoms with Crippen LogP contribution in [0, 0.1) is 5.82 Å². The van der Waals surface area contributed by atoms with Crippen molar-refractivity contribution >= 4 is 44.1 Å². The van der Waals surface area contributed by atoms with Crippen molar-refractivity contribution in [3.05, 3.63) is 89.2 Å². The fraction of sp³-hybridized carbons (Fsp3) is 0.179. The van der Waals surface area contributed by atoms with Gasteiger partial charge in [-0.1, -0.05) is 30.4 Å². The molecule has 1 amide bonds. The fourth-order valence-corrected chi connectivity index (χ4v) is 5.25. The average molecular weight is 519 g/mol. The van der Waals surface area contributed by atoms with E-state index in [0.29, 0.717) is 39.4 Å². The number of aliphatic hydroxyl groups is 1. The Morgan fingerprint density at radius 2 is 1.86 bits per heavy atom. The molecule has 0 saturated carbocycles. The minimum atomic E-state index is -0.974. The molecule has 1 N–H and O–H groups in total. The summed E-state index contributed by atoms with van der Waals surface area (Å²) in [5.41, 5.74) is 1.34. The van der Waals surface area contributed by atoms with E-state index in [4.69, 9.17) is 9.47 Å². The van der Waals surface area contributed by atoms with Crippen molar-refractivity contribution < 1.29 is 28.6 Å². The van der Waals surface area contributed by atoms with Gasteiger partial charge in [-0.15, -0.1) is 0 Å². The molecule has 37 heavy (non-hydrogen) atoms. The molecule has 1 unspecified atom stereocenters. The summed E-state index contributed by atoms with van der Waals surface area (Å²) in [5, 5.41) is 11.5. The van der Waals surface area contributed by atoms with Crippen molar-refractivity contribution in [1.82, 2.24) is 4.98 Å². The van der Waals surface area contributed by atoms with E-state index in [1.807, 2.05) is 6.92 Å². The predicted octanol–water partition coefficient (Wildman–Crippen LogP) is 5.86. The molecule has 0 radical (unpaired) electrons. The largest absolute Gasteiger partial charge is 0.507 e. The first-order valence-electron chi connectivity index (χ1n) is 11.7. The van der Waals surface area contributed by atoms with Crippen molar-refractivity contribution in [2.45, 2.75) is 19.4 Å². The maximum Gasteiger partial charge on any atom is 0.301 e. The lowest BCUT2D eigenvalue weighted by atomic mass is 9.95. The van der Waals surface area contributed by atoms with Crippen LogP contribution in [0.2, 0.25) is 0 Å². The molecule has 1 fully saturated rings. The van der Waals surface area contributed by atoms with Crippen LogP contribution in [0.3, 0.4) is 0 Å². The lowest BCUT2D eigenvalue weighted by molar-refractivity contribution is -0.132. The van der Waals surface area contributed by atoms with Crippen LogP contribution in [0.4, 0.5) is 9.52 Å². The second-order valence-corrected chi connectivity index (χ2v) is 9.44. The van der Waals surface area contributed by atoms with Gasteiger partial charge in [-0.05, 0) is 66.6 Å². The highest BCUT2D eigenvalue weighted by Gasteiger charge is 2.48. The van der Waals surface area contributed by atoms with Crippen molar-refractivity contribution in [2.75, 3.05) is 18.6 Å². The smallest absolute Gasteiger partial charge is 0.301 e. The number of ketones is 1. The summed E-state index contributed by atoms with van der Waals surface area (Å²) in [6.45, 7) is 2.49. The van der Waals surface area contributed by atoms with Crippen LogP contribution in [0.15, 0.2) is 72.3 Å². The Balaban J connectivity index is 1.69. The first-order chi connectivity index (χ1) is 17.9. The molecule has 1 aliphatic rings. The number of ether oxygens (including phenoxy) is 2. The van der Waals surface area contributed by atoms with Gasteiger partial charge < -0.3 is 14.6 Å². The van der Waals surface area contributed by atoms with Gasteiger partial charge >= 0.3 is 5.91 Å². The first-order valence-corrected chi connectivity index (χ1v) is 12.5. The molecule has 0 aliphatic carbocycles. The predicted molar refractivity (Wildman–Crippen MR) is 140 cm³/mol. The second kappa shape index (κ2) is 10.0. The van der Waals surface area contributed by atoms with Crippen molar-refractivity contribution in [2.24, 2.45) is 0 Å². The average Bonchev–Trinajstić information content (AvgIpc) is 3.44. The number of amides is 1. The van der Waals surface area contributed by atoms with E-state index in [-0.39, 0.29) is 16.5 Å². The monoisotopic (exact) mass is 518 g/mol. The maximum absolute atomic E-state index is 13.8. The fourth-order valence-electron chi connectivity index (χ4n) is 4.23. The number of anilines is 1. The Hall–Kier alpha value is -4.24. The molecule has 1 aromatic heterocycles. The number of fused-ring (bicyclic) bond motifs is 1. The molecule has 4 aromatic rings. The van der Waals surface area contributed by atoms with Gasteiger partial charge in [0.05, 0.1) is 35.5 Å². The first kappa shape index (κ1) is 24.5. The van der Waals surface area contributed by atoms with Gasteiger partial charge in [-0.25, -0.2) is 9.37 Å².